The fourth-order valence-electron chi connectivity index (χ4n) is 3.21. The van der Waals surface area contributed by atoms with Crippen molar-refractivity contribution in [3.63, 3.8) is 0 Å². The second-order valence-electron chi connectivity index (χ2n) is 6.42. The lowest BCUT2D eigenvalue weighted by Crippen LogP contribution is -2.38. The maximum atomic E-state index is 3.71. The Hall–Kier alpha value is -1.64. The first-order chi connectivity index (χ1) is 10.8. The van der Waals surface area contributed by atoms with Crippen molar-refractivity contribution in [1.29, 1.82) is 0 Å². The molecule has 1 atom stereocenters. The average molecular weight is 294 g/mol. The molecule has 1 unspecified atom stereocenters. The standard InChI is InChI=1S/C20H26N2/c1-17-8-10-19(11-9-17)15-22-13-5-12-21-20(16-22)14-18-6-3-2-4-7-18/h2-4,6-11,20-21H,5,12-16H2,1H3. The van der Waals surface area contributed by atoms with E-state index in [-0.39, 0.29) is 0 Å². The van der Waals surface area contributed by atoms with Gasteiger partial charge in [-0.25, -0.2) is 0 Å². The van der Waals surface area contributed by atoms with E-state index in [9.17, 15) is 0 Å². The van der Waals surface area contributed by atoms with E-state index in [2.05, 4.69) is 71.7 Å². The van der Waals surface area contributed by atoms with Crippen molar-refractivity contribution in [3.05, 3.63) is 71.3 Å². The van der Waals surface area contributed by atoms with Gasteiger partial charge in [0.25, 0.3) is 0 Å². The van der Waals surface area contributed by atoms with Crippen LogP contribution in [-0.4, -0.2) is 30.6 Å². The zero-order chi connectivity index (χ0) is 15.2. The van der Waals surface area contributed by atoms with Crippen molar-refractivity contribution < 1.29 is 0 Å². The number of nitrogens with one attached hydrogen (secondary N) is 1. The Balaban J connectivity index is 1.61. The van der Waals surface area contributed by atoms with Gasteiger partial charge in [0.1, 0.15) is 0 Å². The fraction of sp³-hybridized carbons (Fsp3) is 0.400. The van der Waals surface area contributed by atoms with Crippen LogP contribution in [-0.2, 0) is 13.0 Å². The molecule has 0 radical (unpaired) electrons. The second-order valence-corrected chi connectivity index (χ2v) is 6.42. The van der Waals surface area contributed by atoms with Crippen molar-refractivity contribution >= 4 is 0 Å². The van der Waals surface area contributed by atoms with Crippen LogP contribution in [0.2, 0.25) is 0 Å². The van der Waals surface area contributed by atoms with Crippen LogP contribution in [0.25, 0.3) is 0 Å². The third-order valence-electron chi connectivity index (χ3n) is 4.41. The highest BCUT2D eigenvalue weighted by atomic mass is 15.2. The van der Waals surface area contributed by atoms with Gasteiger partial charge in [-0.2, -0.15) is 0 Å². The van der Waals surface area contributed by atoms with Gasteiger partial charge in [0, 0.05) is 19.1 Å². The zero-order valence-corrected chi connectivity index (χ0v) is 13.5. The van der Waals surface area contributed by atoms with Crippen LogP contribution in [0.5, 0.6) is 0 Å². The Bertz CT molecular complexity index is 562. The van der Waals surface area contributed by atoms with E-state index in [1.165, 1.54) is 29.7 Å². The summed E-state index contributed by atoms with van der Waals surface area (Å²) in [4.78, 5) is 2.60. The Kier molecular flexibility index (Phi) is 5.25. The van der Waals surface area contributed by atoms with Crippen LogP contribution in [0.1, 0.15) is 23.1 Å². The van der Waals surface area contributed by atoms with Gasteiger partial charge in [-0.15, -0.1) is 0 Å². The van der Waals surface area contributed by atoms with E-state index in [0.717, 1.165) is 26.1 Å². The highest BCUT2D eigenvalue weighted by Gasteiger charge is 2.18. The highest BCUT2D eigenvalue weighted by Crippen LogP contribution is 2.12. The van der Waals surface area contributed by atoms with Gasteiger partial charge in [-0.1, -0.05) is 60.2 Å². The smallest absolute Gasteiger partial charge is 0.0235 e. The molecule has 1 aliphatic heterocycles. The summed E-state index contributed by atoms with van der Waals surface area (Å²) in [6, 6.07) is 20.3. The number of benzene rings is 2. The van der Waals surface area contributed by atoms with Gasteiger partial charge in [0.2, 0.25) is 0 Å². The summed E-state index contributed by atoms with van der Waals surface area (Å²) < 4.78 is 0. The first-order valence-corrected chi connectivity index (χ1v) is 8.35. The molecule has 0 amide bonds. The summed E-state index contributed by atoms with van der Waals surface area (Å²) in [6.45, 7) is 6.65. The monoisotopic (exact) mass is 294 g/mol. The maximum absolute atomic E-state index is 3.71. The zero-order valence-electron chi connectivity index (χ0n) is 13.5. The summed E-state index contributed by atoms with van der Waals surface area (Å²) in [7, 11) is 0. The molecular formula is C20H26N2. The van der Waals surface area contributed by atoms with E-state index in [1.54, 1.807) is 0 Å². The molecule has 2 nitrogen and oxygen atoms in total. The number of hydrogen-bond donors (Lipinski definition) is 1. The number of nitrogens with zero attached hydrogens (tertiary/aromatic N) is 1. The number of hydrogen-bond acceptors (Lipinski definition) is 2. The Labute approximate surface area is 134 Å². The molecule has 1 heterocycles. The van der Waals surface area contributed by atoms with Gasteiger partial charge in [-0.3, -0.25) is 4.90 Å². The molecule has 2 aromatic rings. The Morgan fingerprint density at radius 2 is 1.77 bits per heavy atom. The molecule has 0 bridgehead atoms. The van der Waals surface area contributed by atoms with Crippen molar-refractivity contribution in [2.75, 3.05) is 19.6 Å². The molecule has 2 aromatic carbocycles. The van der Waals surface area contributed by atoms with E-state index < -0.39 is 0 Å². The van der Waals surface area contributed by atoms with Crippen LogP contribution >= 0.6 is 0 Å². The van der Waals surface area contributed by atoms with Gasteiger partial charge >= 0.3 is 0 Å². The Morgan fingerprint density at radius 1 is 1.00 bits per heavy atom. The fourth-order valence-corrected chi connectivity index (χ4v) is 3.21. The largest absolute Gasteiger partial charge is 0.312 e. The van der Waals surface area contributed by atoms with Crippen LogP contribution in [0.3, 0.4) is 0 Å². The van der Waals surface area contributed by atoms with Gasteiger partial charge < -0.3 is 5.32 Å². The summed E-state index contributed by atoms with van der Waals surface area (Å²) in [5.74, 6) is 0. The highest BCUT2D eigenvalue weighted by molar-refractivity contribution is 5.21. The minimum Gasteiger partial charge on any atom is -0.312 e. The molecule has 22 heavy (non-hydrogen) atoms. The lowest BCUT2D eigenvalue weighted by atomic mass is 10.1. The first kappa shape index (κ1) is 15.3. The number of rotatable bonds is 4. The van der Waals surface area contributed by atoms with Crippen molar-refractivity contribution in [2.45, 2.75) is 32.4 Å². The minimum absolute atomic E-state index is 0.551. The predicted molar refractivity (Wildman–Crippen MR) is 93.0 cm³/mol. The van der Waals surface area contributed by atoms with E-state index in [1.807, 2.05) is 0 Å². The molecule has 0 aromatic heterocycles. The van der Waals surface area contributed by atoms with Crippen LogP contribution in [0.15, 0.2) is 54.6 Å². The van der Waals surface area contributed by atoms with Crippen LogP contribution in [0.4, 0.5) is 0 Å². The molecule has 2 heteroatoms. The van der Waals surface area contributed by atoms with Gasteiger partial charge in [0.15, 0.2) is 0 Å². The van der Waals surface area contributed by atoms with Crippen molar-refractivity contribution in [2.24, 2.45) is 0 Å². The molecule has 3 rings (SSSR count). The average Bonchev–Trinajstić information content (AvgIpc) is 2.76. The normalized spacial score (nSPS) is 19.8. The van der Waals surface area contributed by atoms with Crippen molar-refractivity contribution in [3.8, 4) is 0 Å². The summed E-state index contributed by atoms with van der Waals surface area (Å²) in [5.41, 5.74) is 4.19. The molecule has 1 fully saturated rings. The lowest BCUT2D eigenvalue weighted by molar-refractivity contribution is 0.259. The molecular weight excluding hydrogens is 268 g/mol. The summed E-state index contributed by atoms with van der Waals surface area (Å²) in [6.07, 6.45) is 2.35. The van der Waals surface area contributed by atoms with Crippen molar-refractivity contribution in [1.82, 2.24) is 10.2 Å². The van der Waals surface area contributed by atoms with E-state index in [4.69, 9.17) is 0 Å². The van der Waals surface area contributed by atoms with Crippen LogP contribution in [0, 0.1) is 6.92 Å². The van der Waals surface area contributed by atoms with E-state index >= 15 is 0 Å². The topological polar surface area (TPSA) is 15.3 Å². The second kappa shape index (κ2) is 7.57. The lowest BCUT2D eigenvalue weighted by Gasteiger charge is -2.24. The van der Waals surface area contributed by atoms with Gasteiger partial charge in [0.05, 0.1) is 0 Å². The molecule has 0 aliphatic carbocycles. The summed E-state index contributed by atoms with van der Waals surface area (Å²) >= 11 is 0. The third kappa shape index (κ3) is 4.43. The predicted octanol–water partition coefficient (Wildman–Crippen LogP) is 3.40. The molecule has 116 valence electrons. The SMILES string of the molecule is Cc1ccc(CN2CCCNC(Cc3ccccc3)C2)cc1. The molecule has 1 aliphatic rings. The molecule has 0 spiro atoms. The summed E-state index contributed by atoms with van der Waals surface area (Å²) in [5, 5.41) is 3.71. The molecule has 1 N–H and O–H groups in total. The quantitative estimate of drug-likeness (QED) is 0.929. The van der Waals surface area contributed by atoms with E-state index in [0.29, 0.717) is 6.04 Å². The Morgan fingerprint density at radius 3 is 2.55 bits per heavy atom. The third-order valence-corrected chi connectivity index (χ3v) is 4.41. The van der Waals surface area contributed by atoms with Gasteiger partial charge in [-0.05, 0) is 44.0 Å². The molecule has 0 saturated carbocycles. The maximum Gasteiger partial charge on any atom is 0.0235 e. The minimum atomic E-state index is 0.551. The first-order valence-electron chi connectivity index (χ1n) is 8.35. The number of aryl methyl sites for hydroxylation is 1. The van der Waals surface area contributed by atoms with Crippen LogP contribution < -0.4 is 5.32 Å². The molecule has 1 saturated heterocycles.